The van der Waals surface area contributed by atoms with Gasteiger partial charge >= 0.3 is 0 Å². The van der Waals surface area contributed by atoms with E-state index in [1.54, 1.807) is 39.0 Å². The van der Waals surface area contributed by atoms with Crippen LogP contribution in [0, 0.1) is 5.92 Å². The summed E-state index contributed by atoms with van der Waals surface area (Å²) in [6.45, 7) is 0. The van der Waals surface area contributed by atoms with Crippen LogP contribution in [0.2, 0.25) is 0 Å². The molecule has 0 nitrogen and oxygen atoms in total. The van der Waals surface area contributed by atoms with Crippen molar-refractivity contribution >= 4 is 10.8 Å². The molecule has 9 aliphatic rings. The Labute approximate surface area is 346 Å². The average molecular weight is 751 g/mol. The number of hydrogen-bond acceptors (Lipinski definition) is 0. The van der Waals surface area contributed by atoms with Crippen molar-refractivity contribution in [2.24, 2.45) is 5.92 Å². The molecule has 0 N–H and O–H groups in total. The second kappa shape index (κ2) is 15.4. The zero-order valence-electron chi connectivity index (χ0n) is 33.9. The van der Waals surface area contributed by atoms with Crippen LogP contribution in [0.4, 0.5) is 0 Å². The lowest BCUT2D eigenvalue weighted by Crippen LogP contribution is -2.23. The summed E-state index contributed by atoms with van der Waals surface area (Å²) in [5.74, 6) is 0.971. The molecule has 2 aromatic rings. The quantitative estimate of drug-likeness (QED) is 0.264. The van der Waals surface area contributed by atoms with Crippen LogP contribution >= 0.6 is 0 Å². The number of hydrogen-bond donors (Lipinski definition) is 0. The van der Waals surface area contributed by atoms with Crippen molar-refractivity contribution in [2.45, 2.75) is 95.3 Å². The van der Waals surface area contributed by atoms with Crippen LogP contribution in [0.5, 0.6) is 0 Å². The predicted octanol–water partition coefficient (Wildman–Crippen LogP) is 15.5. The first kappa shape index (κ1) is 35.7. The van der Waals surface area contributed by atoms with E-state index in [0.717, 1.165) is 70.6 Å². The van der Waals surface area contributed by atoms with E-state index in [4.69, 9.17) is 0 Å². The minimum atomic E-state index is 0.300. The molecule has 9 aliphatic carbocycles. The van der Waals surface area contributed by atoms with Crippen LogP contribution in [0.15, 0.2) is 224 Å². The zero-order chi connectivity index (χ0) is 38.4. The van der Waals surface area contributed by atoms with Gasteiger partial charge in [0.15, 0.2) is 0 Å². The van der Waals surface area contributed by atoms with Gasteiger partial charge in [0.25, 0.3) is 0 Å². The van der Waals surface area contributed by atoms with Gasteiger partial charge in [0.05, 0.1) is 0 Å². The molecule has 0 heteroatoms. The molecule has 0 bridgehead atoms. The van der Waals surface area contributed by atoms with Crippen LogP contribution in [0.1, 0.15) is 106 Å². The smallest absolute Gasteiger partial charge is 0.0211 e. The van der Waals surface area contributed by atoms with E-state index in [0.29, 0.717) is 17.8 Å². The maximum atomic E-state index is 2.72. The normalized spacial score (nSPS) is 26.3. The highest BCUT2D eigenvalue weighted by Gasteiger charge is 2.44. The van der Waals surface area contributed by atoms with E-state index >= 15 is 0 Å². The Morgan fingerprint density at radius 1 is 0.431 bits per heavy atom. The first-order valence-corrected chi connectivity index (χ1v) is 22.4. The molecule has 11 rings (SSSR count). The maximum absolute atomic E-state index is 2.72. The van der Waals surface area contributed by atoms with Gasteiger partial charge in [-0.1, -0.05) is 152 Å². The minimum absolute atomic E-state index is 0.300. The summed E-state index contributed by atoms with van der Waals surface area (Å²) in [7, 11) is 0. The third kappa shape index (κ3) is 6.46. The van der Waals surface area contributed by atoms with Gasteiger partial charge in [-0.15, -0.1) is 0 Å². The van der Waals surface area contributed by atoms with E-state index < -0.39 is 0 Å². The first-order valence-electron chi connectivity index (χ1n) is 22.4. The van der Waals surface area contributed by atoms with Crippen molar-refractivity contribution in [1.29, 1.82) is 0 Å². The van der Waals surface area contributed by atoms with Gasteiger partial charge in [0, 0.05) is 17.8 Å². The predicted molar refractivity (Wildman–Crippen MR) is 245 cm³/mol. The molecule has 3 unspecified atom stereocenters. The summed E-state index contributed by atoms with van der Waals surface area (Å²) in [6.07, 6.45) is 61.0. The number of rotatable bonds is 7. The van der Waals surface area contributed by atoms with E-state index in [1.165, 1.54) is 68.2 Å². The Bertz CT molecular complexity index is 2610. The van der Waals surface area contributed by atoms with Gasteiger partial charge in [0.1, 0.15) is 0 Å². The fourth-order valence-corrected chi connectivity index (χ4v) is 11.6. The van der Waals surface area contributed by atoms with Crippen molar-refractivity contribution in [3.05, 3.63) is 235 Å². The summed E-state index contributed by atoms with van der Waals surface area (Å²) in [5.41, 5.74) is 22.7. The molecular weight excluding hydrogens is 697 g/mol. The third-order valence-electron chi connectivity index (χ3n) is 14.3. The number of fused-ring (bicyclic) bond motifs is 3. The summed E-state index contributed by atoms with van der Waals surface area (Å²) >= 11 is 0. The molecule has 0 aliphatic heterocycles. The molecular formula is C58H54. The van der Waals surface area contributed by atoms with Gasteiger partial charge in [0.2, 0.25) is 0 Å². The lowest BCUT2D eigenvalue weighted by atomic mass is 9.65. The van der Waals surface area contributed by atoms with Crippen molar-refractivity contribution in [3.63, 3.8) is 0 Å². The Hall–Kier alpha value is -5.46. The zero-order valence-corrected chi connectivity index (χ0v) is 33.9. The second-order valence-electron chi connectivity index (χ2n) is 17.7. The van der Waals surface area contributed by atoms with Crippen LogP contribution in [-0.4, -0.2) is 0 Å². The lowest BCUT2D eigenvalue weighted by Gasteiger charge is -2.38. The fourth-order valence-electron chi connectivity index (χ4n) is 11.6. The summed E-state index contributed by atoms with van der Waals surface area (Å²) in [6, 6.07) is 14.3. The second-order valence-corrected chi connectivity index (χ2v) is 17.7. The summed E-state index contributed by atoms with van der Waals surface area (Å²) in [5, 5.41) is 2.88. The maximum Gasteiger partial charge on any atom is 0.0211 e. The molecule has 0 saturated heterocycles. The average Bonchev–Trinajstić information content (AvgIpc) is 3.65. The van der Waals surface area contributed by atoms with E-state index in [1.807, 2.05) is 0 Å². The highest BCUT2D eigenvalue weighted by molar-refractivity contribution is 5.95. The molecule has 3 atom stereocenters. The van der Waals surface area contributed by atoms with Gasteiger partial charge in [-0.3, -0.25) is 0 Å². The molecule has 0 radical (unpaired) electrons. The topological polar surface area (TPSA) is 0 Å². The Morgan fingerprint density at radius 3 is 1.53 bits per heavy atom. The fraction of sp³-hybridized carbons (Fsp3) is 0.276. The monoisotopic (exact) mass is 750 g/mol. The summed E-state index contributed by atoms with van der Waals surface area (Å²) < 4.78 is 0. The molecule has 0 spiro atoms. The van der Waals surface area contributed by atoms with E-state index in [9.17, 15) is 0 Å². The van der Waals surface area contributed by atoms with Gasteiger partial charge < -0.3 is 0 Å². The molecule has 0 heterocycles. The third-order valence-corrected chi connectivity index (χ3v) is 14.3. The molecule has 0 aromatic heterocycles. The molecule has 0 fully saturated rings. The lowest BCUT2D eigenvalue weighted by molar-refractivity contribution is 0.646. The van der Waals surface area contributed by atoms with Gasteiger partial charge in [-0.25, -0.2) is 0 Å². The molecule has 2 aromatic carbocycles. The van der Waals surface area contributed by atoms with Crippen molar-refractivity contribution in [3.8, 4) is 0 Å². The highest BCUT2D eigenvalue weighted by Crippen LogP contribution is 2.61. The number of benzene rings is 2. The van der Waals surface area contributed by atoms with Gasteiger partial charge in [-0.05, 0) is 178 Å². The standard InChI is InChI=1S/C58H54/c1-4-16-39(17-5-1)43-24-10-26-45(34-43)47-28-12-30-49(36-47)54-38-53(41-20-8-3-9-21-41)56(58-52-33-15-23-42-22-14-32-51(55(42)52)57(54)58)50-31-13-29-48(37-50)46-27-11-25-44(35-46)40-18-6-2-7-19-40/h1-4,6,8-9,14-16,18,20,22-23,26-29,32-38,41,57-58H,5,7,10-13,17,19,21,24-25,30-31H2. The van der Waals surface area contributed by atoms with Crippen LogP contribution in [-0.2, 0) is 0 Å². The van der Waals surface area contributed by atoms with Crippen molar-refractivity contribution < 1.29 is 0 Å². The molecule has 0 amide bonds. The van der Waals surface area contributed by atoms with E-state index in [2.05, 4.69) is 152 Å². The van der Waals surface area contributed by atoms with E-state index in [-0.39, 0.29) is 0 Å². The Balaban J connectivity index is 1.05. The van der Waals surface area contributed by atoms with Crippen molar-refractivity contribution in [1.82, 2.24) is 0 Å². The number of allylic oxidation sites excluding steroid dienone is 32. The molecule has 286 valence electrons. The minimum Gasteiger partial charge on any atom is -0.0842 e. The highest BCUT2D eigenvalue weighted by atomic mass is 14.5. The largest absolute Gasteiger partial charge is 0.0842 e. The Morgan fingerprint density at radius 2 is 0.966 bits per heavy atom. The van der Waals surface area contributed by atoms with Crippen molar-refractivity contribution in [2.75, 3.05) is 0 Å². The van der Waals surface area contributed by atoms with Crippen LogP contribution < -0.4 is 0 Å². The first-order chi connectivity index (χ1) is 28.8. The molecule has 58 heavy (non-hydrogen) atoms. The molecule has 0 saturated carbocycles. The SMILES string of the molecule is C1=CCCC(C2=CC(C3=CCCC(C4=CC(C5C=CC=CC5)=C(C5=CC(C6=CCCC(C7=CC=CCC7)=C6)=CCC5)C5c6cccc7cccc(c67)C45)=C3)=CCC2)=C1. The van der Waals surface area contributed by atoms with Crippen LogP contribution in [0.3, 0.4) is 0 Å². The summed E-state index contributed by atoms with van der Waals surface area (Å²) in [4.78, 5) is 0. The van der Waals surface area contributed by atoms with Crippen LogP contribution in [0.25, 0.3) is 10.8 Å². The van der Waals surface area contributed by atoms with Gasteiger partial charge in [-0.2, -0.15) is 0 Å². The Kier molecular flexibility index (Phi) is 9.46.